The molecule has 2 heterocycles. The third kappa shape index (κ3) is 4.66. The summed E-state index contributed by atoms with van der Waals surface area (Å²) in [4.78, 5) is 3.74. The quantitative estimate of drug-likeness (QED) is 0.667. The largest absolute Gasteiger partial charge is 0.537 e. The van der Waals surface area contributed by atoms with E-state index < -0.39 is 43.6 Å². The molecule has 2 atom stereocenters. The first-order valence-electron chi connectivity index (χ1n) is 7.14. The molecular weight excluding hydrogens is 423 g/mol. The van der Waals surface area contributed by atoms with Crippen LogP contribution in [-0.4, -0.2) is 45.8 Å². The van der Waals surface area contributed by atoms with Gasteiger partial charge in [-0.05, 0) is 19.4 Å². The van der Waals surface area contributed by atoms with Crippen LogP contribution in [0.3, 0.4) is 0 Å². The van der Waals surface area contributed by atoms with Gasteiger partial charge in [0.25, 0.3) is 10.1 Å². The highest BCUT2D eigenvalue weighted by Gasteiger charge is 2.51. The summed E-state index contributed by atoms with van der Waals surface area (Å²) in [5.41, 5.74) is 0.0344. The lowest BCUT2D eigenvalue weighted by molar-refractivity contribution is -0.273. The molecule has 0 N–H and O–H groups in total. The maximum atomic E-state index is 12.4. The monoisotopic (exact) mass is 437 g/mol. The van der Waals surface area contributed by atoms with Crippen molar-refractivity contribution in [2.45, 2.75) is 41.9 Å². The van der Waals surface area contributed by atoms with Gasteiger partial charge in [0.05, 0.1) is 15.6 Å². The van der Waals surface area contributed by atoms with Gasteiger partial charge in [-0.3, -0.25) is 4.98 Å². The predicted octanol–water partition coefficient (Wildman–Crippen LogP) is 2.61. The number of hydrogen-bond donors (Lipinski definition) is 0. The average Bonchev–Trinajstić information content (AvgIpc) is 2.43. The highest BCUT2D eigenvalue weighted by Crippen LogP contribution is 2.42. The summed E-state index contributed by atoms with van der Waals surface area (Å²) in [6, 6.07) is 1.12. The second kappa shape index (κ2) is 6.89. The standard InChI is InChI=1S/C13H15ClF3NO6S2/c1-12(26(21,22)24-13(15,16)17)3-4-23-10(6-12)11-9(14)5-8(7-18-11)25(2,19)20/h5,7,10H,3-4,6H2,1-2H3. The van der Waals surface area contributed by atoms with Crippen molar-refractivity contribution in [3.63, 3.8) is 0 Å². The van der Waals surface area contributed by atoms with E-state index in [1.165, 1.54) is 0 Å². The van der Waals surface area contributed by atoms with E-state index in [-0.39, 0.29) is 28.6 Å². The molecule has 0 bridgehead atoms. The third-order valence-electron chi connectivity index (χ3n) is 3.95. The Morgan fingerprint density at radius 2 is 1.96 bits per heavy atom. The number of nitrogens with zero attached hydrogens (tertiary/aromatic N) is 1. The van der Waals surface area contributed by atoms with Crippen molar-refractivity contribution in [1.82, 2.24) is 4.98 Å². The number of alkyl halides is 3. The molecule has 0 aliphatic carbocycles. The van der Waals surface area contributed by atoms with E-state index in [1.807, 2.05) is 0 Å². The molecule has 2 rings (SSSR count). The Balaban J connectivity index is 2.34. The number of hydrogen-bond acceptors (Lipinski definition) is 7. The minimum Gasteiger partial charge on any atom is -0.372 e. The number of rotatable bonds is 4. The fourth-order valence-corrected chi connectivity index (χ4v) is 4.54. The first-order valence-corrected chi connectivity index (χ1v) is 10.8. The SMILES string of the molecule is CC1(S(=O)(=O)OC(F)(F)F)CCOC(c2ncc(S(C)(=O)=O)cc2Cl)C1. The lowest BCUT2D eigenvalue weighted by Gasteiger charge is -2.36. The van der Waals surface area contributed by atoms with Crippen molar-refractivity contribution < 1.29 is 38.9 Å². The minimum atomic E-state index is -5.34. The summed E-state index contributed by atoms with van der Waals surface area (Å²) >= 11 is 6.01. The molecule has 0 saturated carbocycles. The third-order valence-corrected chi connectivity index (χ3v) is 7.32. The van der Waals surface area contributed by atoms with E-state index in [2.05, 4.69) is 9.17 Å². The fraction of sp³-hybridized carbons (Fsp3) is 0.615. The Bertz CT molecular complexity index is 903. The van der Waals surface area contributed by atoms with Gasteiger partial charge in [-0.1, -0.05) is 11.6 Å². The molecule has 1 aliphatic rings. The molecule has 1 aromatic heterocycles. The van der Waals surface area contributed by atoms with Crippen LogP contribution in [0, 0.1) is 0 Å². The van der Waals surface area contributed by atoms with E-state index >= 15 is 0 Å². The van der Waals surface area contributed by atoms with E-state index in [1.54, 1.807) is 0 Å². The topological polar surface area (TPSA) is 99.6 Å². The van der Waals surface area contributed by atoms with Crippen LogP contribution < -0.4 is 0 Å². The van der Waals surface area contributed by atoms with Crippen LogP contribution in [-0.2, 0) is 28.9 Å². The number of ether oxygens (including phenoxy) is 1. The predicted molar refractivity (Wildman–Crippen MR) is 84.7 cm³/mol. The second-order valence-corrected chi connectivity index (χ2v) is 10.5. The van der Waals surface area contributed by atoms with Gasteiger partial charge in [-0.15, -0.1) is 13.2 Å². The number of pyridine rings is 1. The zero-order valence-corrected chi connectivity index (χ0v) is 16.0. The number of halogens is 4. The fourth-order valence-electron chi connectivity index (χ4n) is 2.47. The summed E-state index contributed by atoms with van der Waals surface area (Å²) in [6.07, 6.45) is -5.02. The summed E-state index contributed by atoms with van der Waals surface area (Å²) in [7, 11) is -8.57. The molecular formula is C13H15ClF3NO6S2. The maximum absolute atomic E-state index is 12.4. The number of sulfone groups is 1. The molecule has 1 saturated heterocycles. The summed E-state index contributed by atoms with van der Waals surface area (Å²) < 4.78 is 91.1. The molecule has 13 heteroatoms. The smallest absolute Gasteiger partial charge is 0.372 e. The Morgan fingerprint density at radius 1 is 1.35 bits per heavy atom. The van der Waals surface area contributed by atoms with E-state index in [4.69, 9.17) is 16.3 Å². The first kappa shape index (κ1) is 21.4. The van der Waals surface area contributed by atoms with Gasteiger partial charge in [0, 0.05) is 25.5 Å². The zero-order chi connectivity index (χ0) is 20.0. The maximum Gasteiger partial charge on any atom is 0.537 e. The van der Waals surface area contributed by atoms with Gasteiger partial charge >= 0.3 is 6.36 Å². The Labute approximate surface area is 153 Å². The molecule has 26 heavy (non-hydrogen) atoms. The Hall–Kier alpha value is -0.950. The van der Waals surface area contributed by atoms with Crippen LogP contribution in [0.1, 0.15) is 31.6 Å². The second-order valence-electron chi connectivity index (χ2n) is 6.06. The molecule has 0 aromatic carbocycles. The minimum absolute atomic E-state index is 0.0344. The molecule has 1 aromatic rings. The van der Waals surface area contributed by atoms with Gasteiger partial charge < -0.3 is 4.74 Å². The van der Waals surface area contributed by atoms with Crippen LogP contribution in [0.15, 0.2) is 17.2 Å². The normalized spacial score (nSPS) is 25.2. The van der Waals surface area contributed by atoms with Crippen molar-refractivity contribution >= 4 is 31.6 Å². The lowest BCUT2D eigenvalue weighted by atomic mass is 9.94. The van der Waals surface area contributed by atoms with Crippen LogP contribution in [0.5, 0.6) is 0 Å². The van der Waals surface area contributed by atoms with Crippen molar-refractivity contribution in [1.29, 1.82) is 0 Å². The van der Waals surface area contributed by atoms with Gasteiger partial charge in [0.2, 0.25) is 0 Å². The molecule has 148 valence electrons. The van der Waals surface area contributed by atoms with Crippen molar-refractivity contribution in [3.8, 4) is 0 Å². The highest BCUT2D eigenvalue weighted by atomic mass is 35.5. The van der Waals surface area contributed by atoms with Crippen LogP contribution in [0.2, 0.25) is 5.02 Å². The zero-order valence-electron chi connectivity index (χ0n) is 13.6. The van der Waals surface area contributed by atoms with Gasteiger partial charge in [-0.2, -0.15) is 12.6 Å². The Morgan fingerprint density at radius 3 is 2.46 bits per heavy atom. The molecule has 1 aliphatic heterocycles. The molecule has 0 radical (unpaired) electrons. The molecule has 1 fully saturated rings. The average molecular weight is 438 g/mol. The summed E-state index contributed by atoms with van der Waals surface area (Å²) in [5.74, 6) is 0. The lowest BCUT2D eigenvalue weighted by Crippen LogP contribution is -2.45. The molecule has 2 unspecified atom stereocenters. The highest BCUT2D eigenvalue weighted by molar-refractivity contribution is 7.90. The van der Waals surface area contributed by atoms with E-state index in [0.29, 0.717) is 0 Å². The van der Waals surface area contributed by atoms with Crippen molar-refractivity contribution in [2.24, 2.45) is 0 Å². The molecule has 0 spiro atoms. The van der Waals surface area contributed by atoms with Gasteiger partial charge in [0.1, 0.15) is 10.9 Å². The Kier molecular flexibility index (Phi) is 5.66. The summed E-state index contributed by atoms with van der Waals surface area (Å²) in [5, 5.41) is -0.101. The summed E-state index contributed by atoms with van der Waals surface area (Å²) in [6.45, 7) is 0.940. The van der Waals surface area contributed by atoms with Crippen molar-refractivity contribution in [3.05, 3.63) is 23.0 Å². The van der Waals surface area contributed by atoms with Crippen LogP contribution >= 0.6 is 11.6 Å². The van der Waals surface area contributed by atoms with Crippen molar-refractivity contribution in [2.75, 3.05) is 12.9 Å². The first-order chi connectivity index (χ1) is 11.6. The molecule has 0 amide bonds. The number of aromatic nitrogens is 1. The molecule has 7 nitrogen and oxygen atoms in total. The van der Waals surface area contributed by atoms with E-state index in [9.17, 15) is 30.0 Å². The van der Waals surface area contributed by atoms with Gasteiger partial charge in [0.15, 0.2) is 9.84 Å². The van der Waals surface area contributed by atoms with Gasteiger partial charge in [-0.25, -0.2) is 8.42 Å². The van der Waals surface area contributed by atoms with E-state index in [0.717, 1.165) is 25.4 Å². The van der Waals surface area contributed by atoms with Crippen LogP contribution in [0.4, 0.5) is 13.2 Å². The van der Waals surface area contributed by atoms with Crippen LogP contribution in [0.25, 0.3) is 0 Å².